The van der Waals surface area contributed by atoms with Crippen molar-refractivity contribution in [2.24, 2.45) is 0 Å². The number of halogens is 3. The molecule has 1 amide bonds. The van der Waals surface area contributed by atoms with Crippen molar-refractivity contribution in [3.05, 3.63) is 34.2 Å². The monoisotopic (exact) mass is 400 g/mol. The number of ether oxygens (including phenoxy) is 2. The van der Waals surface area contributed by atoms with Gasteiger partial charge < -0.3 is 19.4 Å². The van der Waals surface area contributed by atoms with E-state index in [0.29, 0.717) is 17.7 Å². The van der Waals surface area contributed by atoms with E-state index in [1.807, 2.05) is 6.92 Å². The molecule has 1 aromatic heterocycles. The SMILES string of the molecule is CCCCNC(=O)c1cn(CCC(F)(F)F)c(=O)c2cc(OC)c(OC)cc12. The van der Waals surface area contributed by atoms with Crippen LogP contribution >= 0.6 is 0 Å². The smallest absolute Gasteiger partial charge is 0.390 e. The number of nitrogens with one attached hydrogen (secondary N) is 1. The van der Waals surface area contributed by atoms with Gasteiger partial charge in [0.15, 0.2) is 11.5 Å². The molecule has 28 heavy (non-hydrogen) atoms. The summed E-state index contributed by atoms with van der Waals surface area (Å²) < 4.78 is 49.2. The fourth-order valence-corrected chi connectivity index (χ4v) is 2.79. The molecule has 1 N–H and O–H groups in total. The first kappa shape index (κ1) is 21.6. The summed E-state index contributed by atoms with van der Waals surface area (Å²) in [7, 11) is 2.79. The largest absolute Gasteiger partial charge is 0.493 e. The minimum atomic E-state index is -4.42. The molecule has 0 atom stereocenters. The minimum absolute atomic E-state index is 0.0861. The molecule has 1 aromatic carbocycles. The lowest BCUT2D eigenvalue weighted by atomic mass is 10.1. The van der Waals surface area contributed by atoms with Crippen LogP contribution < -0.4 is 20.3 Å². The molecule has 2 aromatic rings. The Labute approximate surface area is 160 Å². The minimum Gasteiger partial charge on any atom is -0.493 e. The van der Waals surface area contributed by atoms with E-state index in [-0.39, 0.29) is 16.7 Å². The van der Waals surface area contributed by atoms with E-state index in [2.05, 4.69) is 5.32 Å². The second kappa shape index (κ2) is 8.99. The van der Waals surface area contributed by atoms with Crippen LogP contribution in [0.5, 0.6) is 11.5 Å². The number of nitrogens with zero attached hydrogens (tertiary/aromatic N) is 1. The summed E-state index contributed by atoms with van der Waals surface area (Å²) >= 11 is 0. The number of carbonyl (C=O) groups is 1. The van der Waals surface area contributed by atoms with Crippen LogP contribution in [0.15, 0.2) is 23.1 Å². The molecule has 0 saturated carbocycles. The Kier molecular flexibility index (Phi) is 6.93. The Morgan fingerprint density at radius 2 is 1.75 bits per heavy atom. The second-order valence-corrected chi connectivity index (χ2v) is 6.27. The van der Waals surface area contributed by atoms with Crippen LogP contribution in [0.4, 0.5) is 13.2 Å². The van der Waals surface area contributed by atoms with Crippen molar-refractivity contribution in [2.45, 2.75) is 38.9 Å². The number of carbonyl (C=O) groups excluding carboxylic acids is 1. The lowest BCUT2D eigenvalue weighted by Crippen LogP contribution is -2.29. The molecule has 6 nitrogen and oxygen atoms in total. The Hall–Kier alpha value is -2.71. The molecule has 2 rings (SSSR count). The topological polar surface area (TPSA) is 69.6 Å². The number of methoxy groups -OCH3 is 2. The summed E-state index contributed by atoms with van der Waals surface area (Å²) in [4.78, 5) is 25.3. The fraction of sp³-hybridized carbons (Fsp3) is 0.474. The zero-order valence-corrected chi connectivity index (χ0v) is 16.0. The van der Waals surface area contributed by atoms with Crippen molar-refractivity contribution in [1.82, 2.24) is 9.88 Å². The van der Waals surface area contributed by atoms with Gasteiger partial charge in [-0.3, -0.25) is 9.59 Å². The quantitative estimate of drug-likeness (QED) is 0.689. The van der Waals surface area contributed by atoms with Crippen LogP contribution in [0, 0.1) is 0 Å². The van der Waals surface area contributed by atoms with E-state index in [9.17, 15) is 22.8 Å². The summed E-state index contributed by atoms with van der Waals surface area (Å²) in [5.41, 5.74) is -0.529. The summed E-state index contributed by atoms with van der Waals surface area (Å²) in [5, 5.41) is 3.11. The van der Waals surface area contributed by atoms with E-state index >= 15 is 0 Å². The number of pyridine rings is 1. The van der Waals surface area contributed by atoms with Gasteiger partial charge in [-0.15, -0.1) is 0 Å². The third-order valence-electron chi connectivity index (χ3n) is 4.29. The Balaban J connectivity index is 2.63. The zero-order valence-electron chi connectivity index (χ0n) is 16.0. The Morgan fingerprint density at radius 1 is 1.14 bits per heavy atom. The van der Waals surface area contributed by atoms with Gasteiger partial charge in [0.1, 0.15) is 0 Å². The lowest BCUT2D eigenvalue weighted by Gasteiger charge is -2.15. The van der Waals surface area contributed by atoms with Crippen molar-refractivity contribution in [3.8, 4) is 11.5 Å². The predicted molar refractivity (Wildman–Crippen MR) is 99.2 cm³/mol. The van der Waals surface area contributed by atoms with Crippen molar-refractivity contribution in [1.29, 1.82) is 0 Å². The van der Waals surface area contributed by atoms with Crippen LogP contribution in [-0.4, -0.2) is 37.4 Å². The van der Waals surface area contributed by atoms with Gasteiger partial charge in [-0.1, -0.05) is 13.3 Å². The van der Waals surface area contributed by atoms with Crippen LogP contribution in [0.1, 0.15) is 36.5 Å². The normalized spacial score (nSPS) is 11.5. The maximum absolute atomic E-state index is 12.7. The van der Waals surface area contributed by atoms with Gasteiger partial charge in [0, 0.05) is 24.7 Å². The molecule has 9 heteroatoms. The number of alkyl halides is 3. The highest BCUT2D eigenvalue weighted by molar-refractivity contribution is 6.07. The summed E-state index contributed by atoms with van der Waals surface area (Å²) in [6, 6.07) is 2.86. The highest BCUT2D eigenvalue weighted by Gasteiger charge is 2.27. The van der Waals surface area contributed by atoms with Gasteiger partial charge in [0.2, 0.25) is 0 Å². The van der Waals surface area contributed by atoms with Crippen molar-refractivity contribution in [3.63, 3.8) is 0 Å². The first-order valence-corrected chi connectivity index (χ1v) is 8.86. The van der Waals surface area contributed by atoms with Crippen LogP contribution in [0.25, 0.3) is 10.8 Å². The van der Waals surface area contributed by atoms with Crippen molar-refractivity contribution >= 4 is 16.7 Å². The number of benzene rings is 1. The number of hydrogen-bond acceptors (Lipinski definition) is 4. The van der Waals surface area contributed by atoms with E-state index in [1.165, 1.54) is 32.5 Å². The molecule has 0 aliphatic carbocycles. The van der Waals surface area contributed by atoms with E-state index in [0.717, 1.165) is 17.4 Å². The number of amides is 1. The molecule has 0 fully saturated rings. The van der Waals surface area contributed by atoms with Gasteiger partial charge in [-0.25, -0.2) is 0 Å². The molecule has 0 bridgehead atoms. The maximum Gasteiger partial charge on any atom is 0.390 e. The summed E-state index contributed by atoms with van der Waals surface area (Å²) in [5.74, 6) is 0.0921. The molecular weight excluding hydrogens is 377 g/mol. The number of rotatable bonds is 8. The fourth-order valence-electron chi connectivity index (χ4n) is 2.79. The molecule has 1 heterocycles. The standard InChI is InChI=1S/C19H23F3N2O4/c1-4-5-7-23-17(25)14-11-24(8-6-19(20,21)22)18(26)13-10-16(28-3)15(27-2)9-12(13)14/h9-11H,4-8H2,1-3H3,(H,23,25). The second-order valence-electron chi connectivity index (χ2n) is 6.27. The van der Waals surface area contributed by atoms with E-state index < -0.39 is 30.6 Å². The Morgan fingerprint density at radius 3 is 2.29 bits per heavy atom. The van der Waals surface area contributed by atoms with Crippen molar-refractivity contribution in [2.75, 3.05) is 20.8 Å². The lowest BCUT2D eigenvalue weighted by molar-refractivity contribution is -0.136. The maximum atomic E-state index is 12.7. The third-order valence-corrected chi connectivity index (χ3v) is 4.29. The van der Waals surface area contributed by atoms with Gasteiger partial charge >= 0.3 is 6.18 Å². The van der Waals surface area contributed by atoms with Crippen LogP contribution in [0.2, 0.25) is 0 Å². The van der Waals surface area contributed by atoms with E-state index in [1.54, 1.807) is 0 Å². The first-order chi connectivity index (χ1) is 13.2. The van der Waals surface area contributed by atoms with Gasteiger partial charge in [-0.05, 0) is 18.6 Å². The number of fused-ring (bicyclic) bond motifs is 1. The third kappa shape index (κ3) is 4.96. The first-order valence-electron chi connectivity index (χ1n) is 8.86. The molecule has 0 spiro atoms. The average molecular weight is 400 g/mol. The summed E-state index contributed by atoms with van der Waals surface area (Å²) in [6.07, 6.45) is -2.80. The van der Waals surface area contributed by atoms with Gasteiger partial charge in [0.05, 0.1) is 31.6 Å². The highest BCUT2D eigenvalue weighted by Crippen LogP contribution is 2.32. The molecule has 0 aliphatic rings. The molecule has 0 saturated heterocycles. The molecule has 154 valence electrons. The van der Waals surface area contributed by atoms with Gasteiger partial charge in [-0.2, -0.15) is 13.2 Å². The highest BCUT2D eigenvalue weighted by atomic mass is 19.4. The molecular formula is C19H23F3N2O4. The van der Waals surface area contributed by atoms with Crippen LogP contribution in [0.3, 0.4) is 0 Å². The molecule has 0 radical (unpaired) electrons. The zero-order chi connectivity index (χ0) is 20.9. The van der Waals surface area contributed by atoms with Gasteiger partial charge in [0.25, 0.3) is 11.5 Å². The Bertz CT molecular complexity index is 907. The average Bonchev–Trinajstić information content (AvgIpc) is 2.65. The number of aromatic nitrogens is 1. The van der Waals surface area contributed by atoms with Crippen LogP contribution in [-0.2, 0) is 6.54 Å². The molecule has 0 aliphatic heterocycles. The molecule has 0 unspecified atom stereocenters. The summed E-state index contributed by atoms with van der Waals surface area (Å²) in [6.45, 7) is 1.81. The predicted octanol–water partition coefficient (Wildman–Crippen LogP) is 3.50. The number of aryl methyl sites for hydroxylation is 1. The number of unbranched alkanes of at least 4 members (excludes halogenated alkanes) is 1. The number of hydrogen-bond donors (Lipinski definition) is 1. The van der Waals surface area contributed by atoms with E-state index in [4.69, 9.17) is 9.47 Å². The van der Waals surface area contributed by atoms with Crippen molar-refractivity contribution < 1.29 is 27.4 Å².